The van der Waals surface area contributed by atoms with Gasteiger partial charge in [0.1, 0.15) is 5.75 Å². The molecule has 1 aliphatic rings. The summed E-state index contributed by atoms with van der Waals surface area (Å²) in [6, 6.07) is 7.17. The predicted octanol–water partition coefficient (Wildman–Crippen LogP) is 4.17. The number of halogens is 1. The van der Waals surface area contributed by atoms with E-state index in [4.69, 9.17) is 21.1 Å². The van der Waals surface area contributed by atoms with E-state index in [1.165, 1.54) is 18.1 Å². The average Bonchev–Trinajstić information content (AvgIpc) is 3.40. The molecule has 0 saturated carbocycles. The summed E-state index contributed by atoms with van der Waals surface area (Å²) < 4.78 is 10.1. The Kier molecular flexibility index (Phi) is 6.34. The van der Waals surface area contributed by atoms with Gasteiger partial charge in [-0.15, -0.1) is 11.6 Å². The monoisotopic (exact) mass is 482 g/mol. The number of methoxy groups -OCH3 is 2. The van der Waals surface area contributed by atoms with Crippen LogP contribution in [0.25, 0.3) is 17.0 Å². The van der Waals surface area contributed by atoms with Crippen LogP contribution in [-0.4, -0.2) is 54.9 Å². The maximum Gasteiger partial charge on any atom is 0.340 e. The lowest BCUT2D eigenvalue weighted by Gasteiger charge is -2.18. The van der Waals surface area contributed by atoms with E-state index in [2.05, 4.69) is 4.98 Å². The van der Waals surface area contributed by atoms with Gasteiger partial charge in [-0.3, -0.25) is 9.59 Å². The summed E-state index contributed by atoms with van der Waals surface area (Å²) in [7, 11) is 2.83. The van der Waals surface area contributed by atoms with E-state index >= 15 is 0 Å². The van der Waals surface area contributed by atoms with Gasteiger partial charge in [0.15, 0.2) is 12.0 Å². The van der Waals surface area contributed by atoms with Crippen LogP contribution in [0, 0.1) is 6.92 Å². The topological polar surface area (TPSA) is 109 Å². The zero-order valence-corrected chi connectivity index (χ0v) is 19.6. The molecule has 1 atom stereocenters. The Bertz CT molecular complexity index is 1330. The summed E-state index contributed by atoms with van der Waals surface area (Å²) in [6.07, 6.45) is 3.54. The lowest BCUT2D eigenvalue weighted by atomic mass is 9.93. The van der Waals surface area contributed by atoms with Gasteiger partial charge < -0.3 is 24.5 Å². The van der Waals surface area contributed by atoms with Crippen molar-refractivity contribution in [3.05, 3.63) is 58.3 Å². The summed E-state index contributed by atoms with van der Waals surface area (Å²) in [5.41, 5.74) is 2.49. The number of esters is 1. The van der Waals surface area contributed by atoms with Gasteiger partial charge in [0.25, 0.3) is 5.91 Å². The molecule has 4 rings (SSSR count). The third-order valence-corrected chi connectivity index (χ3v) is 6.41. The molecule has 9 heteroatoms. The second kappa shape index (κ2) is 9.23. The highest BCUT2D eigenvalue weighted by molar-refractivity contribution is 6.21. The van der Waals surface area contributed by atoms with Crippen molar-refractivity contribution in [1.82, 2.24) is 4.98 Å². The fourth-order valence-electron chi connectivity index (χ4n) is 4.44. The Morgan fingerprint density at radius 1 is 1.26 bits per heavy atom. The van der Waals surface area contributed by atoms with E-state index in [0.29, 0.717) is 28.7 Å². The molecule has 176 valence electrons. The van der Waals surface area contributed by atoms with Crippen LogP contribution in [0.15, 0.2) is 30.3 Å². The average molecular weight is 483 g/mol. The number of aromatic hydroxyl groups is 1. The first kappa shape index (κ1) is 23.4. The molecule has 0 fully saturated rings. The van der Waals surface area contributed by atoms with Crippen LogP contribution >= 0.6 is 11.6 Å². The number of aromatic amines is 1. The van der Waals surface area contributed by atoms with Gasteiger partial charge in [-0.1, -0.05) is 12.1 Å². The van der Waals surface area contributed by atoms with Gasteiger partial charge in [0.2, 0.25) is 0 Å². The van der Waals surface area contributed by atoms with Crippen molar-refractivity contribution in [2.24, 2.45) is 0 Å². The van der Waals surface area contributed by atoms with Gasteiger partial charge >= 0.3 is 5.97 Å². The lowest BCUT2D eigenvalue weighted by Crippen LogP contribution is -2.29. The lowest BCUT2D eigenvalue weighted by molar-refractivity contribution is -0.114. The maximum absolute atomic E-state index is 13.2. The largest absolute Gasteiger partial charge is 0.505 e. The first-order valence-electron chi connectivity index (χ1n) is 10.5. The van der Waals surface area contributed by atoms with E-state index in [1.54, 1.807) is 44.4 Å². The number of phenols is 1. The number of hydrogen-bond donors (Lipinski definition) is 2. The summed E-state index contributed by atoms with van der Waals surface area (Å²) in [6.45, 7) is 1.86. The number of fused-ring (bicyclic) bond motifs is 3. The Balaban J connectivity index is 1.87. The number of ether oxygens (including phenoxy) is 2. The van der Waals surface area contributed by atoms with E-state index in [1.807, 2.05) is 0 Å². The minimum atomic E-state index is -0.596. The van der Waals surface area contributed by atoms with Crippen LogP contribution in [0.3, 0.4) is 0 Å². The predicted molar refractivity (Wildman–Crippen MR) is 129 cm³/mol. The Morgan fingerprint density at radius 2 is 1.97 bits per heavy atom. The first-order chi connectivity index (χ1) is 16.4. The number of carbonyl (C=O) groups is 3. The molecule has 8 nitrogen and oxygen atoms in total. The number of benzene rings is 2. The number of anilines is 1. The van der Waals surface area contributed by atoms with Crippen LogP contribution in [0.1, 0.15) is 43.5 Å². The first-order valence-corrected chi connectivity index (χ1v) is 11.0. The minimum absolute atomic E-state index is 0.0426. The van der Waals surface area contributed by atoms with Crippen molar-refractivity contribution in [2.75, 3.05) is 31.5 Å². The molecule has 1 aliphatic heterocycles. The number of amides is 1. The molecule has 0 unspecified atom stereocenters. The number of aromatic nitrogens is 1. The molecule has 0 radical (unpaired) electrons. The fourth-order valence-corrected chi connectivity index (χ4v) is 4.69. The Hall–Kier alpha value is -3.78. The standard InChI is InChI=1S/C25H23ClN2O6/c1-13-19(25(32)34-3)21-20-15(10-26)11-28(23(20)17(12-29)24(31)22(21)27-13)18(30)9-6-14-4-7-16(33-2)8-5-14/h4-9,12,15,27,31H,10-11H2,1-3H3/b9-6+/t15-/m1/s1. The molecule has 2 N–H and O–H groups in total. The molecule has 0 saturated heterocycles. The van der Waals surface area contributed by atoms with Crippen LogP contribution < -0.4 is 9.64 Å². The molecule has 3 aromatic rings. The van der Waals surface area contributed by atoms with E-state index in [0.717, 1.165) is 5.56 Å². The van der Waals surface area contributed by atoms with Crippen molar-refractivity contribution in [2.45, 2.75) is 12.8 Å². The molecule has 34 heavy (non-hydrogen) atoms. The van der Waals surface area contributed by atoms with Gasteiger partial charge in [-0.2, -0.15) is 0 Å². The Morgan fingerprint density at radius 3 is 2.56 bits per heavy atom. The van der Waals surface area contributed by atoms with Crippen LogP contribution in [-0.2, 0) is 9.53 Å². The molecule has 0 spiro atoms. The van der Waals surface area contributed by atoms with Crippen molar-refractivity contribution in [3.63, 3.8) is 0 Å². The van der Waals surface area contributed by atoms with Crippen molar-refractivity contribution >= 4 is 52.4 Å². The summed E-state index contributed by atoms with van der Waals surface area (Å²) >= 11 is 6.27. The quantitative estimate of drug-likeness (QED) is 0.236. The number of nitrogens with one attached hydrogen (secondary N) is 1. The summed E-state index contributed by atoms with van der Waals surface area (Å²) in [5, 5.41) is 11.3. The molecule has 2 heterocycles. The SMILES string of the molecule is COC(=O)c1c(C)[nH]c2c(O)c(C=O)c3c(c12)[C@H](CCl)CN3C(=O)/C=C/c1ccc(OC)cc1. The van der Waals surface area contributed by atoms with Crippen LogP contribution in [0.5, 0.6) is 11.5 Å². The van der Waals surface area contributed by atoms with Crippen LogP contribution in [0.4, 0.5) is 5.69 Å². The number of rotatable bonds is 6. The zero-order valence-electron chi connectivity index (χ0n) is 18.8. The molecule has 0 aliphatic carbocycles. The maximum atomic E-state index is 13.2. The summed E-state index contributed by atoms with van der Waals surface area (Å²) in [5.74, 6) is -0.855. The molecule has 1 aromatic heterocycles. The van der Waals surface area contributed by atoms with Crippen molar-refractivity contribution < 1.29 is 29.0 Å². The Labute approximate surface area is 200 Å². The summed E-state index contributed by atoms with van der Waals surface area (Å²) in [4.78, 5) is 42.2. The molecule has 1 amide bonds. The highest BCUT2D eigenvalue weighted by atomic mass is 35.5. The minimum Gasteiger partial charge on any atom is -0.505 e. The molecule has 2 aromatic carbocycles. The van der Waals surface area contributed by atoms with Crippen LogP contribution in [0.2, 0.25) is 0 Å². The number of carbonyl (C=O) groups excluding carboxylic acids is 3. The zero-order chi connectivity index (χ0) is 24.6. The van der Waals surface area contributed by atoms with Gasteiger partial charge in [-0.05, 0) is 36.3 Å². The number of alkyl halides is 1. The molecule has 0 bridgehead atoms. The number of H-pyrrole nitrogens is 1. The van der Waals surface area contributed by atoms with Gasteiger partial charge in [0, 0.05) is 35.5 Å². The third-order valence-electron chi connectivity index (χ3n) is 6.03. The number of aldehydes is 1. The number of nitrogens with zero attached hydrogens (tertiary/aromatic N) is 1. The van der Waals surface area contributed by atoms with E-state index < -0.39 is 11.9 Å². The van der Waals surface area contributed by atoms with E-state index in [9.17, 15) is 19.5 Å². The molecular formula is C25H23ClN2O6. The smallest absolute Gasteiger partial charge is 0.340 e. The van der Waals surface area contributed by atoms with Crippen molar-refractivity contribution in [3.8, 4) is 11.5 Å². The third kappa shape index (κ3) is 3.70. The highest BCUT2D eigenvalue weighted by Gasteiger charge is 2.39. The number of aryl methyl sites for hydroxylation is 1. The van der Waals surface area contributed by atoms with Gasteiger partial charge in [-0.25, -0.2) is 4.79 Å². The number of hydrogen-bond acceptors (Lipinski definition) is 6. The van der Waals surface area contributed by atoms with Crippen molar-refractivity contribution in [1.29, 1.82) is 0 Å². The van der Waals surface area contributed by atoms with Gasteiger partial charge in [0.05, 0.1) is 36.6 Å². The highest BCUT2D eigenvalue weighted by Crippen LogP contribution is 2.49. The van der Waals surface area contributed by atoms with E-state index in [-0.39, 0.29) is 46.4 Å². The normalized spacial score (nSPS) is 15.1. The second-order valence-electron chi connectivity index (χ2n) is 7.92. The number of phenolic OH excluding ortho intramolecular Hbond substituents is 1. The second-order valence-corrected chi connectivity index (χ2v) is 8.22. The molecular weight excluding hydrogens is 460 g/mol. The fraction of sp³-hybridized carbons (Fsp3) is 0.240.